The third-order valence-corrected chi connectivity index (χ3v) is 2.41. The SMILES string of the molecule is C[N+](C)(C)CCCCCC[N+](C)(C)C.O.O. The molecule has 0 spiro atoms. The molecular formula is C12H34N2O2+2. The van der Waals surface area contributed by atoms with Gasteiger partial charge in [-0.1, -0.05) is 0 Å². The fourth-order valence-corrected chi connectivity index (χ4v) is 1.53. The molecule has 4 N–H and O–H groups in total. The van der Waals surface area contributed by atoms with Gasteiger partial charge >= 0.3 is 0 Å². The molecule has 16 heavy (non-hydrogen) atoms. The molecule has 0 aliphatic carbocycles. The first-order chi connectivity index (χ1) is 6.21. The molecule has 0 unspecified atom stereocenters. The lowest BCUT2D eigenvalue weighted by atomic mass is 10.1. The van der Waals surface area contributed by atoms with E-state index in [-0.39, 0.29) is 11.0 Å². The highest BCUT2D eigenvalue weighted by molar-refractivity contribution is 4.42. The van der Waals surface area contributed by atoms with E-state index in [0.29, 0.717) is 0 Å². The van der Waals surface area contributed by atoms with Crippen LogP contribution in [0, 0.1) is 0 Å². The first-order valence-electron chi connectivity index (χ1n) is 5.82. The molecule has 0 aromatic carbocycles. The second-order valence-corrected chi connectivity index (χ2v) is 6.44. The van der Waals surface area contributed by atoms with Crippen molar-refractivity contribution in [1.82, 2.24) is 0 Å². The van der Waals surface area contributed by atoms with E-state index >= 15 is 0 Å². The monoisotopic (exact) mass is 238 g/mol. The lowest BCUT2D eigenvalue weighted by molar-refractivity contribution is -0.871. The van der Waals surface area contributed by atoms with Gasteiger partial charge in [-0.3, -0.25) is 0 Å². The van der Waals surface area contributed by atoms with Crippen LogP contribution in [-0.4, -0.2) is 75.3 Å². The zero-order valence-corrected chi connectivity index (χ0v) is 12.1. The lowest BCUT2D eigenvalue weighted by Gasteiger charge is -2.25. The van der Waals surface area contributed by atoms with Crippen molar-refractivity contribution < 1.29 is 19.9 Å². The summed E-state index contributed by atoms with van der Waals surface area (Å²) in [6, 6.07) is 0. The Morgan fingerprint density at radius 1 is 0.500 bits per heavy atom. The summed E-state index contributed by atoms with van der Waals surface area (Å²) in [4.78, 5) is 0. The lowest BCUT2D eigenvalue weighted by Crippen LogP contribution is -2.35. The molecule has 102 valence electrons. The topological polar surface area (TPSA) is 63.0 Å². The number of quaternary nitrogens is 2. The van der Waals surface area contributed by atoms with Gasteiger partial charge in [-0.25, -0.2) is 0 Å². The van der Waals surface area contributed by atoms with E-state index in [4.69, 9.17) is 0 Å². The van der Waals surface area contributed by atoms with Gasteiger partial charge in [0.1, 0.15) is 0 Å². The summed E-state index contributed by atoms with van der Waals surface area (Å²) in [5.74, 6) is 0. The molecule has 0 aliphatic heterocycles. The first kappa shape index (κ1) is 21.2. The van der Waals surface area contributed by atoms with Gasteiger partial charge in [-0.15, -0.1) is 0 Å². The second-order valence-electron chi connectivity index (χ2n) is 6.44. The molecule has 0 atom stereocenters. The molecule has 0 aromatic heterocycles. The van der Waals surface area contributed by atoms with Crippen LogP contribution in [0.25, 0.3) is 0 Å². The van der Waals surface area contributed by atoms with E-state index in [9.17, 15) is 0 Å². The van der Waals surface area contributed by atoms with Gasteiger partial charge in [0.25, 0.3) is 0 Å². The van der Waals surface area contributed by atoms with Crippen molar-refractivity contribution in [3.63, 3.8) is 0 Å². The fourth-order valence-electron chi connectivity index (χ4n) is 1.53. The van der Waals surface area contributed by atoms with Crippen LogP contribution in [-0.2, 0) is 0 Å². The Morgan fingerprint density at radius 3 is 0.938 bits per heavy atom. The Hall–Kier alpha value is -0.160. The zero-order valence-electron chi connectivity index (χ0n) is 12.1. The number of rotatable bonds is 7. The summed E-state index contributed by atoms with van der Waals surface area (Å²) in [6.45, 7) is 2.62. The average Bonchev–Trinajstić information content (AvgIpc) is 1.92. The predicted octanol–water partition coefficient (Wildman–Crippen LogP) is 0.310. The molecule has 0 rings (SSSR count). The van der Waals surface area contributed by atoms with E-state index in [1.54, 1.807) is 0 Å². The smallest absolute Gasteiger partial charge is 0.0780 e. The van der Waals surface area contributed by atoms with Crippen molar-refractivity contribution in [3.8, 4) is 0 Å². The number of hydrogen-bond donors (Lipinski definition) is 0. The van der Waals surface area contributed by atoms with Gasteiger partial charge < -0.3 is 19.9 Å². The molecule has 0 saturated heterocycles. The Morgan fingerprint density at radius 2 is 0.750 bits per heavy atom. The molecule has 0 bridgehead atoms. The number of hydrogen-bond acceptors (Lipinski definition) is 0. The Kier molecular flexibility index (Phi) is 11.8. The summed E-state index contributed by atoms with van der Waals surface area (Å²) in [6.07, 6.45) is 5.55. The highest BCUT2D eigenvalue weighted by Gasteiger charge is 2.07. The summed E-state index contributed by atoms with van der Waals surface area (Å²) in [5.41, 5.74) is 0. The fraction of sp³-hybridized carbons (Fsp3) is 1.00. The molecule has 0 aromatic rings. The van der Waals surface area contributed by atoms with Crippen molar-refractivity contribution in [2.24, 2.45) is 0 Å². The molecule has 4 heteroatoms. The average molecular weight is 238 g/mol. The molecule has 0 amide bonds. The zero-order chi connectivity index (χ0) is 11.2. The summed E-state index contributed by atoms with van der Waals surface area (Å²) in [7, 11) is 13.6. The van der Waals surface area contributed by atoms with Crippen molar-refractivity contribution in [3.05, 3.63) is 0 Å². The highest BCUT2D eigenvalue weighted by Crippen LogP contribution is 2.05. The van der Waals surface area contributed by atoms with E-state index in [2.05, 4.69) is 42.3 Å². The molecule has 4 nitrogen and oxygen atoms in total. The summed E-state index contributed by atoms with van der Waals surface area (Å²) in [5, 5.41) is 0. The van der Waals surface area contributed by atoms with Crippen LogP contribution in [0.5, 0.6) is 0 Å². The maximum absolute atomic E-state index is 2.27. The quantitative estimate of drug-likeness (QED) is 0.453. The molecular weight excluding hydrogens is 204 g/mol. The van der Waals surface area contributed by atoms with Crippen LogP contribution in [0.3, 0.4) is 0 Å². The Labute approximate surface area is 102 Å². The van der Waals surface area contributed by atoms with Crippen LogP contribution in [0.1, 0.15) is 25.7 Å². The third-order valence-electron chi connectivity index (χ3n) is 2.41. The van der Waals surface area contributed by atoms with Crippen LogP contribution in [0.2, 0.25) is 0 Å². The Bertz CT molecular complexity index is 130. The van der Waals surface area contributed by atoms with Crippen LogP contribution < -0.4 is 0 Å². The second kappa shape index (κ2) is 8.93. The Balaban J connectivity index is -0.000000845. The van der Waals surface area contributed by atoms with Gasteiger partial charge in [0.15, 0.2) is 0 Å². The van der Waals surface area contributed by atoms with Gasteiger partial charge in [0, 0.05) is 0 Å². The van der Waals surface area contributed by atoms with Gasteiger partial charge in [0.2, 0.25) is 0 Å². The molecule has 0 fully saturated rings. The van der Waals surface area contributed by atoms with Crippen molar-refractivity contribution in [2.75, 3.05) is 55.4 Å². The minimum absolute atomic E-state index is 0. The van der Waals surface area contributed by atoms with Crippen LogP contribution >= 0.6 is 0 Å². The van der Waals surface area contributed by atoms with Crippen molar-refractivity contribution in [2.45, 2.75) is 25.7 Å². The van der Waals surface area contributed by atoms with Gasteiger partial charge in [0.05, 0.1) is 55.4 Å². The first-order valence-corrected chi connectivity index (χ1v) is 5.82. The minimum atomic E-state index is 0. The largest absolute Gasteiger partial charge is 0.412 e. The number of unbranched alkanes of at least 4 members (excludes halogenated alkanes) is 3. The van der Waals surface area contributed by atoms with E-state index in [1.807, 2.05) is 0 Å². The van der Waals surface area contributed by atoms with Gasteiger partial charge in [-0.2, -0.15) is 0 Å². The van der Waals surface area contributed by atoms with E-state index < -0.39 is 0 Å². The highest BCUT2D eigenvalue weighted by atomic mass is 16.0. The minimum Gasteiger partial charge on any atom is -0.412 e. The molecule has 0 radical (unpaired) electrons. The predicted molar refractivity (Wildman–Crippen MR) is 71.5 cm³/mol. The maximum atomic E-state index is 2.27. The summed E-state index contributed by atoms with van der Waals surface area (Å²) < 4.78 is 2.21. The van der Waals surface area contributed by atoms with E-state index in [0.717, 1.165) is 8.97 Å². The molecule has 0 heterocycles. The van der Waals surface area contributed by atoms with Crippen molar-refractivity contribution >= 4 is 0 Å². The number of nitrogens with zero attached hydrogens (tertiary/aromatic N) is 2. The molecule has 0 saturated carbocycles. The van der Waals surface area contributed by atoms with Crippen LogP contribution in [0.4, 0.5) is 0 Å². The standard InChI is InChI=1S/C12H30N2.2H2O/c1-13(2,3)11-9-7-8-10-12-14(4,5)6;;/h7-12H2,1-6H3;2*1H2/q+2;;. The van der Waals surface area contributed by atoms with Gasteiger partial charge in [-0.05, 0) is 25.7 Å². The van der Waals surface area contributed by atoms with Crippen molar-refractivity contribution in [1.29, 1.82) is 0 Å². The van der Waals surface area contributed by atoms with E-state index in [1.165, 1.54) is 38.8 Å². The summed E-state index contributed by atoms with van der Waals surface area (Å²) >= 11 is 0. The molecule has 0 aliphatic rings. The third kappa shape index (κ3) is 19.4. The normalized spacial score (nSPS) is 11.6. The maximum Gasteiger partial charge on any atom is 0.0780 e. The van der Waals surface area contributed by atoms with Crippen LogP contribution in [0.15, 0.2) is 0 Å².